The summed E-state index contributed by atoms with van der Waals surface area (Å²) < 4.78 is 7.77. The molecule has 0 saturated carbocycles. The molecule has 1 N–H and O–H groups in total. The van der Waals surface area contributed by atoms with Gasteiger partial charge in [-0.05, 0) is 32.9 Å². The van der Waals surface area contributed by atoms with Crippen LogP contribution in [-0.2, 0) is 17.9 Å². The highest BCUT2D eigenvalue weighted by atomic mass is 16.5. The third kappa shape index (κ3) is 3.04. The molecule has 84 valence electrons. The smallest absolute Gasteiger partial charge is 0.0751 e. The first-order chi connectivity index (χ1) is 7.38. The summed E-state index contributed by atoms with van der Waals surface area (Å²) in [6.07, 6.45) is 6.63. The zero-order chi connectivity index (χ0) is 10.5. The fraction of sp³-hybridized carbons (Fsp3) is 0.727. The normalized spacial score (nSPS) is 18.2. The fourth-order valence-electron chi connectivity index (χ4n) is 1.83. The van der Waals surface area contributed by atoms with Gasteiger partial charge in [0.2, 0.25) is 0 Å². The zero-order valence-electron chi connectivity index (χ0n) is 9.28. The molecule has 0 spiro atoms. The molecule has 0 bridgehead atoms. The molecule has 0 unspecified atom stereocenters. The van der Waals surface area contributed by atoms with E-state index in [0.29, 0.717) is 12.7 Å². The van der Waals surface area contributed by atoms with Gasteiger partial charge in [-0.15, -0.1) is 0 Å². The molecule has 0 amide bonds. The number of nitrogens with zero attached hydrogens (tertiary/aromatic N) is 2. The fourth-order valence-corrected chi connectivity index (χ4v) is 1.83. The number of aromatic nitrogens is 2. The van der Waals surface area contributed by atoms with Crippen LogP contribution in [0.1, 0.15) is 25.3 Å². The molecule has 1 fully saturated rings. The number of hydrogen-bond acceptors (Lipinski definition) is 3. The molecule has 4 nitrogen and oxygen atoms in total. The van der Waals surface area contributed by atoms with Gasteiger partial charge in [0.1, 0.15) is 0 Å². The van der Waals surface area contributed by atoms with Gasteiger partial charge in [0.25, 0.3) is 0 Å². The minimum atomic E-state index is 0.427. The summed E-state index contributed by atoms with van der Waals surface area (Å²) in [6.45, 7) is 5.88. The highest BCUT2D eigenvalue weighted by molar-refractivity contribution is 5.01. The number of hydrogen-bond donors (Lipinski definition) is 1. The monoisotopic (exact) mass is 209 g/mol. The predicted molar refractivity (Wildman–Crippen MR) is 58.6 cm³/mol. The van der Waals surface area contributed by atoms with Crippen LogP contribution in [-0.4, -0.2) is 29.0 Å². The molecule has 4 heteroatoms. The SMILES string of the molecule is CCn1cc(COC2CCNCC2)cn1. The summed E-state index contributed by atoms with van der Waals surface area (Å²) in [5, 5.41) is 7.55. The van der Waals surface area contributed by atoms with E-state index in [0.717, 1.165) is 32.5 Å². The zero-order valence-corrected chi connectivity index (χ0v) is 9.28. The number of nitrogens with one attached hydrogen (secondary N) is 1. The molecule has 1 aliphatic heterocycles. The lowest BCUT2D eigenvalue weighted by molar-refractivity contribution is 0.0212. The Morgan fingerprint density at radius 2 is 2.33 bits per heavy atom. The molecule has 1 aromatic heterocycles. The molecule has 0 atom stereocenters. The van der Waals surface area contributed by atoms with Crippen molar-refractivity contribution in [2.24, 2.45) is 0 Å². The van der Waals surface area contributed by atoms with Gasteiger partial charge in [0.05, 0.1) is 18.9 Å². The second kappa shape index (κ2) is 5.28. The molecular weight excluding hydrogens is 190 g/mol. The Hall–Kier alpha value is -0.870. The Morgan fingerprint density at radius 1 is 1.53 bits per heavy atom. The molecular formula is C11H19N3O. The Labute approximate surface area is 90.6 Å². The second-order valence-electron chi connectivity index (χ2n) is 3.96. The molecule has 1 saturated heterocycles. The summed E-state index contributed by atoms with van der Waals surface area (Å²) in [5.41, 5.74) is 1.18. The number of ether oxygens (including phenoxy) is 1. The van der Waals surface area contributed by atoms with Crippen molar-refractivity contribution in [3.05, 3.63) is 18.0 Å². The van der Waals surface area contributed by atoms with Gasteiger partial charge in [-0.2, -0.15) is 5.10 Å². The first kappa shape index (κ1) is 10.6. The van der Waals surface area contributed by atoms with Crippen LogP contribution in [0.25, 0.3) is 0 Å². The van der Waals surface area contributed by atoms with E-state index in [-0.39, 0.29) is 0 Å². The summed E-state index contributed by atoms with van der Waals surface area (Å²) in [6, 6.07) is 0. The van der Waals surface area contributed by atoms with Gasteiger partial charge in [-0.1, -0.05) is 0 Å². The van der Waals surface area contributed by atoms with Crippen LogP contribution in [0.5, 0.6) is 0 Å². The molecule has 15 heavy (non-hydrogen) atoms. The third-order valence-electron chi connectivity index (χ3n) is 2.78. The molecule has 1 aromatic rings. The largest absolute Gasteiger partial charge is 0.373 e. The average Bonchev–Trinajstić information content (AvgIpc) is 2.76. The number of piperidine rings is 1. The topological polar surface area (TPSA) is 39.1 Å². The van der Waals surface area contributed by atoms with Crippen molar-refractivity contribution in [1.29, 1.82) is 0 Å². The van der Waals surface area contributed by atoms with Crippen molar-refractivity contribution in [3.8, 4) is 0 Å². The minimum Gasteiger partial charge on any atom is -0.373 e. The Kier molecular flexibility index (Phi) is 3.75. The molecule has 0 radical (unpaired) electrons. The van der Waals surface area contributed by atoms with Crippen molar-refractivity contribution in [1.82, 2.24) is 15.1 Å². The first-order valence-corrected chi connectivity index (χ1v) is 5.72. The van der Waals surface area contributed by atoms with Crippen LogP contribution in [0.2, 0.25) is 0 Å². The van der Waals surface area contributed by atoms with Crippen LogP contribution < -0.4 is 5.32 Å². The highest BCUT2D eigenvalue weighted by Gasteiger charge is 2.13. The maximum atomic E-state index is 5.83. The van der Waals surface area contributed by atoms with Crippen molar-refractivity contribution in [2.45, 2.75) is 39.0 Å². The first-order valence-electron chi connectivity index (χ1n) is 5.72. The van der Waals surface area contributed by atoms with E-state index in [9.17, 15) is 0 Å². The van der Waals surface area contributed by atoms with E-state index in [1.165, 1.54) is 5.56 Å². The molecule has 2 rings (SSSR count). The van der Waals surface area contributed by atoms with E-state index in [2.05, 4.69) is 23.5 Å². The lowest BCUT2D eigenvalue weighted by atomic mass is 10.1. The van der Waals surface area contributed by atoms with Gasteiger partial charge < -0.3 is 10.1 Å². The summed E-state index contributed by atoms with van der Waals surface area (Å²) >= 11 is 0. The standard InChI is InChI=1S/C11H19N3O/c1-2-14-8-10(7-13-14)9-15-11-3-5-12-6-4-11/h7-8,11-12H,2-6,9H2,1H3. The van der Waals surface area contributed by atoms with Gasteiger partial charge in [-0.25, -0.2) is 0 Å². The van der Waals surface area contributed by atoms with E-state index in [4.69, 9.17) is 4.74 Å². The van der Waals surface area contributed by atoms with E-state index >= 15 is 0 Å². The average molecular weight is 209 g/mol. The Bertz CT molecular complexity index is 292. The van der Waals surface area contributed by atoms with Gasteiger partial charge in [0.15, 0.2) is 0 Å². The van der Waals surface area contributed by atoms with Crippen LogP contribution >= 0.6 is 0 Å². The Morgan fingerprint density at radius 3 is 3.00 bits per heavy atom. The van der Waals surface area contributed by atoms with E-state index < -0.39 is 0 Å². The molecule has 0 aromatic carbocycles. The van der Waals surface area contributed by atoms with Crippen molar-refractivity contribution >= 4 is 0 Å². The lowest BCUT2D eigenvalue weighted by Crippen LogP contribution is -2.32. The van der Waals surface area contributed by atoms with Gasteiger partial charge in [-0.3, -0.25) is 4.68 Å². The van der Waals surface area contributed by atoms with Gasteiger partial charge in [0, 0.05) is 18.3 Å². The Balaban J connectivity index is 1.76. The van der Waals surface area contributed by atoms with Crippen molar-refractivity contribution in [2.75, 3.05) is 13.1 Å². The number of aryl methyl sites for hydroxylation is 1. The maximum Gasteiger partial charge on any atom is 0.0751 e. The summed E-state index contributed by atoms with van der Waals surface area (Å²) in [5.74, 6) is 0. The minimum absolute atomic E-state index is 0.427. The van der Waals surface area contributed by atoms with Crippen LogP contribution in [0.4, 0.5) is 0 Å². The summed E-state index contributed by atoms with van der Waals surface area (Å²) in [7, 11) is 0. The molecule has 0 aliphatic carbocycles. The molecule has 1 aliphatic rings. The highest BCUT2D eigenvalue weighted by Crippen LogP contribution is 2.10. The van der Waals surface area contributed by atoms with Crippen molar-refractivity contribution < 1.29 is 4.74 Å². The quantitative estimate of drug-likeness (QED) is 0.809. The van der Waals surface area contributed by atoms with Crippen LogP contribution in [0.3, 0.4) is 0 Å². The maximum absolute atomic E-state index is 5.83. The lowest BCUT2D eigenvalue weighted by Gasteiger charge is -2.22. The van der Waals surface area contributed by atoms with Crippen molar-refractivity contribution in [3.63, 3.8) is 0 Å². The van der Waals surface area contributed by atoms with Gasteiger partial charge >= 0.3 is 0 Å². The van der Waals surface area contributed by atoms with Crippen LogP contribution in [0, 0.1) is 0 Å². The van der Waals surface area contributed by atoms with E-state index in [1.54, 1.807) is 0 Å². The summed E-state index contributed by atoms with van der Waals surface area (Å²) in [4.78, 5) is 0. The van der Waals surface area contributed by atoms with E-state index in [1.807, 2.05) is 10.9 Å². The third-order valence-corrected chi connectivity index (χ3v) is 2.78. The molecule has 2 heterocycles. The second-order valence-corrected chi connectivity index (χ2v) is 3.96. The number of rotatable bonds is 4. The van der Waals surface area contributed by atoms with Crippen LogP contribution in [0.15, 0.2) is 12.4 Å². The predicted octanol–water partition coefficient (Wildman–Crippen LogP) is 1.17.